The highest BCUT2D eigenvalue weighted by molar-refractivity contribution is 7.85. The highest BCUT2D eigenvalue weighted by atomic mass is 35.5. The van der Waals surface area contributed by atoms with E-state index < -0.39 is 10.8 Å². The Bertz CT molecular complexity index is 483. The van der Waals surface area contributed by atoms with Gasteiger partial charge in [-0.2, -0.15) is 0 Å². The van der Waals surface area contributed by atoms with Crippen LogP contribution in [0.3, 0.4) is 0 Å². The molecule has 98 valence electrons. The zero-order valence-electron chi connectivity index (χ0n) is 9.89. The molecule has 0 aliphatic carbocycles. The van der Waals surface area contributed by atoms with Crippen molar-refractivity contribution in [3.63, 3.8) is 0 Å². The number of benzene rings is 1. The van der Waals surface area contributed by atoms with Gasteiger partial charge >= 0.3 is 0 Å². The van der Waals surface area contributed by atoms with E-state index >= 15 is 0 Å². The molecule has 2 rings (SSSR count). The van der Waals surface area contributed by atoms with Gasteiger partial charge in [0.1, 0.15) is 4.99 Å². The first kappa shape index (κ1) is 13.9. The van der Waals surface area contributed by atoms with Crippen molar-refractivity contribution in [2.75, 3.05) is 24.6 Å². The molecule has 1 heterocycles. The number of hydrogen-bond donors (Lipinski definition) is 1. The molecule has 2 N–H and O–H groups in total. The summed E-state index contributed by atoms with van der Waals surface area (Å²) in [4.78, 5) is 2.63. The largest absolute Gasteiger partial charge is 0.389 e. The summed E-state index contributed by atoms with van der Waals surface area (Å²) in [5.41, 5.74) is 7.41. The minimum absolute atomic E-state index is 0.358. The molecule has 1 aromatic carbocycles. The molecule has 0 atom stereocenters. The molecule has 0 spiro atoms. The molecule has 6 heteroatoms. The number of rotatable bonds is 3. The lowest BCUT2D eigenvalue weighted by atomic mass is 10.1. The van der Waals surface area contributed by atoms with Crippen LogP contribution < -0.4 is 5.73 Å². The van der Waals surface area contributed by atoms with Crippen LogP contribution in [0.25, 0.3) is 0 Å². The van der Waals surface area contributed by atoms with E-state index in [0.717, 1.165) is 42.3 Å². The molecule has 1 fully saturated rings. The van der Waals surface area contributed by atoms with Gasteiger partial charge in [0, 0.05) is 52.5 Å². The molecule has 18 heavy (non-hydrogen) atoms. The Balaban J connectivity index is 2.05. The summed E-state index contributed by atoms with van der Waals surface area (Å²) in [6, 6.07) is 5.66. The SMILES string of the molecule is NC(=S)c1ccc(CN2CCS(=O)CC2)c(Cl)c1. The summed E-state index contributed by atoms with van der Waals surface area (Å²) in [6.07, 6.45) is 0. The maximum atomic E-state index is 11.3. The Labute approximate surface area is 120 Å². The lowest BCUT2D eigenvalue weighted by molar-refractivity contribution is 0.291. The van der Waals surface area contributed by atoms with Crippen molar-refractivity contribution in [1.82, 2.24) is 4.90 Å². The summed E-state index contributed by atoms with van der Waals surface area (Å²) in [7, 11) is -0.642. The van der Waals surface area contributed by atoms with Crippen LogP contribution >= 0.6 is 23.8 Å². The molecule has 0 amide bonds. The second-order valence-corrected chi connectivity index (χ2v) is 6.84. The zero-order chi connectivity index (χ0) is 13.1. The molecule has 0 aromatic heterocycles. The van der Waals surface area contributed by atoms with E-state index in [9.17, 15) is 4.21 Å². The van der Waals surface area contributed by atoms with Gasteiger partial charge in [-0.3, -0.25) is 9.11 Å². The van der Waals surface area contributed by atoms with E-state index in [1.165, 1.54) is 0 Å². The molecule has 3 nitrogen and oxygen atoms in total. The van der Waals surface area contributed by atoms with Crippen LogP contribution in [0.2, 0.25) is 5.02 Å². The van der Waals surface area contributed by atoms with Gasteiger partial charge in [0.2, 0.25) is 0 Å². The van der Waals surface area contributed by atoms with Crippen molar-refractivity contribution >= 4 is 39.6 Å². The van der Waals surface area contributed by atoms with Gasteiger partial charge in [-0.05, 0) is 11.6 Å². The average Bonchev–Trinajstić information content (AvgIpc) is 2.34. The Hall–Kier alpha value is -0.490. The summed E-state index contributed by atoms with van der Waals surface area (Å²) < 4.78 is 11.3. The molecule has 1 saturated heterocycles. The van der Waals surface area contributed by atoms with Gasteiger partial charge in [-0.25, -0.2) is 0 Å². The molecule has 0 unspecified atom stereocenters. The van der Waals surface area contributed by atoms with Crippen molar-refractivity contribution in [3.8, 4) is 0 Å². The molecular weight excluding hydrogens is 288 g/mol. The quantitative estimate of drug-likeness (QED) is 0.861. The minimum Gasteiger partial charge on any atom is -0.389 e. The Morgan fingerprint density at radius 2 is 2.11 bits per heavy atom. The van der Waals surface area contributed by atoms with Gasteiger partial charge < -0.3 is 5.73 Å². The van der Waals surface area contributed by atoms with Crippen molar-refractivity contribution in [2.45, 2.75) is 6.54 Å². The third-order valence-corrected chi connectivity index (χ3v) is 4.87. The first-order chi connectivity index (χ1) is 8.56. The highest BCUT2D eigenvalue weighted by Crippen LogP contribution is 2.20. The molecule has 1 aromatic rings. The van der Waals surface area contributed by atoms with Crippen LogP contribution in [-0.2, 0) is 17.3 Å². The van der Waals surface area contributed by atoms with Gasteiger partial charge in [0.15, 0.2) is 0 Å². The fourth-order valence-corrected chi connectivity index (χ4v) is 3.40. The smallest absolute Gasteiger partial charge is 0.104 e. The number of nitrogens with zero attached hydrogens (tertiary/aromatic N) is 1. The van der Waals surface area contributed by atoms with E-state index in [4.69, 9.17) is 29.6 Å². The van der Waals surface area contributed by atoms with Gasteiger partial charge in [-0.1, -0.05) is 36.0 Å². The van der Waals surface area contributed by atoms with Crippen LogP contribution in [0.4, 0.5) is 0 Å². The fourth-order valence-electron chi connectivity index (χ4n) is 1.90. The molecule has 0 radical (unpaired) electrons. The average molecular weight is 303 g/mol. The maximum absolute atomic E-state index is 11.3. The Morgan fingerprint density at radius 1 is 1.44 bits per heavy atom. The standard InChI is InChI=1S/C12H15ClN2OS2/c13-11-7-9(12(14)17)1-2-10(11)8-15-3-5-18(16)6-4-15/h1-2,7H,3-6,8H2,(H2,14,17). The van der Waals surface area contributed by atoms with E-state index in [1.54, 1.807) is 6.07 Å². The second-order valence-electron chi connectivity index (χ2n) is 4.29. The summed E-state index contributed by atoms with van der Waals surface area (Å²) in [6.45, 7) is 2.51. The number of nitrogens with two attached hydrogens (primary N) is 1. The maximum Gasteiger partial charge on any atom is 0.104 e. The topological polar surface area (TPSA) is 46.3 Å². The van der Waals surface area contributed by atoms with Gasteiger partial charge in [0.25, 0.3) is 0 Å². The van der Waals surface area contributed by atoms with Crippen molar-refractivity contribution in [2.24, 2.45) is 5.73 Å². The monoisotopic (exact) mass is 302 g/mol. The van der Waals surface area contributed by atoms with Crippen LogP contribution in [-0.4, -0.2) is 38.7 Å². The normalized spacial score (nSPS) is 17.8. The Morgan fingerprint density at radius 3 is 2.67 bits per heavy atom. The Kier molecular flexibility index (Phi) is 4.72. The third-order valence-electron chi connectivity index (χ3n) is 3.00. The lowest BCUT2D eigenvalue weighted by Gasteiger charge is -2.26. The minimum atomic E-state index is -0.642. The fraction of sp³-hybridized carbons (Fsp3) is 0.417. The second kappa shape index (κ2) is 6.10. The number of hydrogen-bond acceptors (Lipinski definition) is 3. The zero-order valence-corrected chi connectivity index (χ0v) is 12.3. The van der Waals surface area contributed by atoms with Crippen LogP contribution in [0.5, 0.6) is 0 Å². The van der Waals surface area contributed by atoms with E-state index in [2.05, 4.69) is 4.90 Å². The molecule has 0 bridgehead atoms. The lowest BCUT2D eigenvalue weighted by Crippen LogP contribution is -2.37. The van der Waals surface area contributed by atoms with Crippen molar-refractivity contribution < 1.29 is 4.21 Å². The van der Waals surface area contributed by atoms with Crippen LogP contribution in [0.1, 0.15) is 11.1 Å². The molecule has 1 aliphatic rings. The first-order valence-electron chi connectivity index (χ1n) is 5.72. The highest BCUT2D eigenvalue weighted by Gasteiger charge is 2.16. The van der Waals surface area contributed by atoms with Crippen LogP contribution in [0, 0.1) is 0 Å². The third kappa shape index (κ3) is 3.51. The predicted molar refractivity (Wildman–Crippen MR) is 80.5 cm³/mol. The van der Waals surface area contributed by atoms with E-state index in [1.807, 2.05) is 12.1 Å². The molecule has 1 aliphatic heterocycles. The summed E-state index contributed by atoms with van der Waals surface area (Å²) in [5.74, 6) is 1.51. The molecule has 0 saturated carbocycles. The summed E-state index contributed by atoms with van der Waals surface area (Å²) >= 11 is 11.1. The van der Waals surface area contributed by atoms with Gasteiger partial charge in [0.05, 0.1) is 0 Å². The van der Waals surface area contributed by atoms with E-state index in [0.29, 0.717) is 10.0 Å². The number of thiocarbonyl (C=S) groups is 1. The molecular formula is C12H15ClN2OS2. The van der Waals surface area contributed by atoms with Crippen LogP contribution in [0.15, 0.2) is 18.2 Å². The summed E-state index contributed by atoms with van der Waals surface area (Å²) in [5, 5.41) is 0.687. The van der Waals surface area contributed by atoms with Crippen molar-refractivity contribution in [3.05, 3.63) is 34.3 Å². The predicted octanol–water partition coefficient (Wildman–Crippen LogP) is 1.54. The first-order valence-corrected chi connectivity index (χ1v) is 7.99. The van der Waals surface area contributed by atoms with Gasteiger partial charge in [-0.15, -0.1) is 0 Å². The number of halogens is 1. The van der Waals surface area contributed by atoms with E-state index in [-0.39, 0.29) is 0 Å². The van der Waals surface area contributed by atoms with Crippen molar-refractivity contribution in [1.29, 1.82) is 0 Å².